The zero-order valence-electron chi connectivity index (χ0n) is 7.58. The standard InChI is InChI=1S/C8H10BrN3O2/c1-14-4-6(13)12-7-5(9)2-3-11-8(7)10/h2-3H,4H2,1H3,(H2,10,11)(H,12,13). The van der Waals surface area contributed by atoms with Crippen LogP contribution in [0.1, 0.15) is 0 Å². The predicted octanol–water partition coefficient (Wildman–Crippen LogP) is 1.01. The van der Waals surface area contributed by atoms with Gasteiger partial charge in [-0.2, -0.15) is 0 Å². The fraction of sp³-hybridized carbons (Fsp3) is 0.250. The van der Waals surface area contributed by atoms with E-state index in [4.69, 9.17) is 5.73 Å². The van der Waals surface area contributed by atoms with E-state index in [1.165, 1.54) is 7.11 Å². The van der Waals surface area contributed by atoms with Gasteiger partial charge in [-0.05, 0) is 22.0 Å². The Morgan fingerprint density at radius 3 is 3.07 bits per heavy atom. The summed E-state index contributed by atoms with van der Waals surface area (Å²) in [5.74, 6) is -0.00303. The predicted molar refractivity (Wildman–Crippen MR) is 56.9 cm³/mol. The number of methoxy groups -OCH3 is 1. The van der Waals surface area contributed by atoms with Crippen LogP contribution in [0.25, 0.3) is 0 Å². The van der Waals surface area contributed by atoms with Crippen molar-refractivity contribution in [3.05, 3.63) is 16.7 Å². The number of aromatic nitrogens is 1. The van der Waals surface area contributed by atoms with E-state index in [9.17, 15) is 4.79 Å². The summed E-state index contributed by atoms with van der Waals surface area (Å²) in [4.78, 5) is 15.0. The minimum absolute atomic E-state index is 0.0131. The second-order valence-corrected chi connectivity index (χ2v) is 3.39. The molecule has 0 bridgehead atoms. The third-order valence-electron chi connectivity index (χ3n) is 1.47. The Morgan fingerprint density at radius 2 is 2.50 bits per heavy atom. The van der Waals surface area contributed by atoms with E-state index in [2.05, 4.69) is 31.0 Å². The van der Waals surface area contributed by atoms with Crippen molar-refractivity contribution in [2.75, 3.05) is 24.8 Å². The Bertz CT molecular complexity index is 323. The maximum absolute atomic E-state index is 11.2. The molecule has 0 saturated heterocycles. The molecule has 1 aromatic heterocycles. The lowest BCUT2D eigenvalue weighted by molar-refractivity contribution is -0.119. The maximum Gasteiger partial charge on any atom is 0.250 e. The van der Waals surface area contributed by atoms with E-state index in [1.807, 2.05) is 0 Å². The summed E-state index contributed by atoms with van der Waals surface area (Å²) in [5.41, 5.74) is 6.04. The zero-order valence-corrected chi connectivity index (χ0v) is 9.17. The molecule has 6 heteroatoms. The Morgan fingerprint density at radius 1 is 1.79 bits per heavy atom. The van der Waals surface area contributed by atoms with Crippen LogP contribution in [0.5, 0.6) is 0 Å². The highest BCUT2D eigenvalue weighted by molar-refractivity contribution is 9.10. The van der Waals surface area contributed by atoms with E-state index in [1.54, 1.807) is 12.3 Å². The molecule has 0 aliphatic carbocycles. The minimum Gasteiger partial charge on any atom is -0.382 e. The average molecular weight is 260 g/mol. The largest absolute Gasteiger partial charge is 0.382 e. The van der Waals surface area contributed by atoms with Crippen LogP contribution >= 0.6 is 15.9 Å². The van der Waals surface area contributed by atoms with Crippen molar-refractivity contribution in [2.24, 2.45) is 0 Å². The summed E-state index contributed by atoms with van der Waals surface area (Å²) in [6, 6.07) is 1.69. The van der Waals surface area contributed by atoms with Gasteiger partial charge >= 0.3 is 0 Å². The van der Waals surface area contributed by atoms with Gasteiger partial charge in [-0.3, -0.25) is 4.79 Å². The highest BCUT2D eigenvalue weighted by Gasteiger charge is 2.08. The number of hydrogen-bond acceptors (Lipinski definition) is 4. The van der Waals surface area contributed by atoms with Crippen LogP contribution in [-0.4, -0.2) is 24.6 Å². The number of nitrogens with two attached hydrogens (primary N) is 1. The van der Waals surface area contributed by atoms with Crippen molar-refractivity contribution in [1.29, 1.82) is 0 Å². The molecule has 3 N–H and O–H groups in total. The smallest absolute Gasteiger partial charge is 0.250 e. The minimum atomic E-state index is -0.270. The lowest BCUT2D eigenvalue weighted by atomic mass is 10.4. The summed E-state index contributed by atoms with van der Waals surface area (Å²) in [6.07, 6.45) is 1.55. The number of nitrogens with zero attached hydrogens (tertiary/aromatic N) is 1. The topological polar surface area (TPSA) is 77.2 Å². The van der Waals surface area contributed by atoms with E-state index in [0.29, 0.717) is 10.2 Å². The zero-order chi connectivity index (χ0) is 10.6. The number of nitrogens with one attached hydrogen (secondary N) is 1. The van der Waals surface area contributed by atoms with Crippen LogP contribution < -0.4 is 11.1 Å². The van der Waals surface area contributed by atoms with Crippen LogP contribution in [0.4, 0.5) is 11.5 Å². The second kappa shape index (κ2) is 4.92. The molecule has 76 valence electrons. The van der Waals surface area contributed by atoms with Crippen molar-refractivity contribution in [3.8, 4) is 0 Å². The molecule has 0 aliphatic rings. The van der Waals surface area contributed by atoms with Crippen LogP contribution in [-0.2, 0) is 9.53 Å². The molecular formula is C8H10BrN3O2. The quantitative estimate of drug-likeness (QED) is 0.850. The van der Waals surface area contributed by atoms with E-state index < -0.39 is 0 Å². The molecule has 0 unspecified atom stereocenters. The summed E-state index contributed by atoms with van der Waals surface area (Å²) >= 11 is 3.25. The van der Waals surface area contributed by atoms with Crippen molar-refractivity contribution in [3.63, 3.8) is 0 Å². The molecule has 0 atom stereocenters. The van der Waals surface area contributed by atoms with Gasteiger partial charge in [-0.15, -0.1) is 0 Å². The number of ether oxygens (including phenoxy) is 1. The Labute approximate surface area is 89.8 Å². The van der Waals surface area contributed by atoms with Gasteiger partial charge in [0.25, 0.3) is 0 Å². The van der Waals surface area contributed by atoms with Gasteiger partial charge in [0.1, 0.15) is 12.4 Å². The first-order valence-electron chi connectivity index (χ1n) is 3.84. The number of halogens is 1. The first-order chi connectivity index (χ1) is 6.65. The van der Waals surface area contributed by atoms with Crippen LogP contribution in [0, 0.1) is 0 Å². The van der Waals surface area contributed by atoms with Gasteiger partial charge in [-0.25, -0.2) is 4.98 Å². The first-order valence-corrected chi connectivity index (χ1v) is 4.63. The van der Waals surface area contributed by atoms with Gasteiger partial charge in [-0.1, -0.05) is 0 Å². The van der Waals surface area contributed by atoms with Gasteiger partial charge in [0.2, 0.25) is 5.91 Å². The van der Waals surface area contributed by atoms with E-state index in [0.717, 1.165) is 0 Å². The fourth-order valence-corrected chi connectivity index (χ4v) is 1.30. The number of amides is 1. The van der Waals surface area contributed by atoms with Gasteiger partial charge in [0.05, 0.1) is 5.69 Å². The fourth-order valence-electron chi connectivity index (χ4n) is 0.884. The molecule has 1 aromatic rings. The summed E-state index contributed by atoms with van der Waals surface area (Å²) < 4.78 is 5.36. The number of rotatable bonds is 3. The van der Waals surface area contributed by atoms with E-state index >= 15 is 0 Å². The molecule has 1 heterocycles. The Kier molecular flexibility index (Phi) is 3.84. The third kappa shape index (κ3) is 2.68. The number of nitrogen functional groups attached to an aromatic ring is 1. The van der Waals surface area contributed by atoms with Crippen molar-refractivity contribution in [2.45, 2.75) is 0 Å². The monoisotopic (exact) mass is 259 g/mol. The molecule has 1 amide bonds. The summed E-state index contributed by atoms with van der Waals surface area (Å²) in [6.45, 7) is -0.0131. The SMILES string of the molecule is COCC(=O)Nc1c(Br)ccnc1N. The Hall–Kier alpha value is -1.14. The van der Waals surface area contributed by atoms with Crippen molar-refractivity contribution in [1.82, 2.24) is 4.98 Å². The molecule has 0 spiro atoms. The lowest BCUT2D eigenvalue weighted by Crippen LogP contribution is -2.18. The Balaban J connectivity index is 2.80. The van der Waals surface area contributed by atoms with Crippen molar-refractivity contribution >= 4 is 33.3 Å². The summed E-state index contributed by atoms with van der Waals surface area (Å²) in [5, 5.41) is 2.58. The highest BCUT2D eigenvalue weighted by Crippen LogP contribution is 2.25. The van der Waals surface area contributed by atoms with Gasteiger partial charge < -0.3 is 15.8 Å². The molecular weight excluding hydrogens is 250 g/mol. The molecule has 0 aromatic carbocycles. The summed E-state index contributed by atoms with van der Waals surface area (Å²) in [7, 11) is 1.45. The molecule has 0 fully saturated rings. The molecule has 0 saturated carbocycles. The number of hydrogen-bond donors (Lipinski definition) is 2. The molecule has 1 rings (SSSR count). The maximum atomic E-state index is 11.2. The second-order valence-electron chi connectivity index (χ2n) is 2.53. The van der Waals surface area contributed by atoms with Crippen LogP contribution in [0.2, 0.25) is 0 Å². The number of carbonyl (C=O) groups is 1. The molecule has 14 heavy (non-hydrogen) atoms. The van der Waals surface area contributed by atoms with Crippen LogP contribution in [0.15, 0.2) is 16.7 Å². The van der Waals surface area contributed by atoms with Crippen LogP contribution in [0.3, 0.4) is 0 Å². The number of anilines is 2. The average Bonchev–Trinajstić information content (AvgIpc) is 2.12. The molecule has 0 radical (unpaired) electrons. The first kappa shape index (κ1) is 10.9. The number of pyridine rings is 1. The van der Waals surface area contributed by atoms with Crippen molar-refractivity contribution < 1.29 is 9.53 Å². The molecule has 5 nitrogen and oxygen atoms in total. The van der Waals surface area contributed by atoms with Gasteiger partial charge in [0.15, 0.2) is 0 Å². The molecule has 0 aliphatic heterocycles. The van der Waals surface area contributed by atoms with Gasteiger partial charge in [0, 0.05) is 17.8 Å². The lowest BCUT2D eigenvalue weighted by Gasteiger charge is -2.08. The number of carbonyl (C=O) groups excluding carboxylic acids is 1. The van der Waals surface area contributed by atoms with E-state index in [-0.39, 0.29) is 18.3 Å². The normalized spacial score (nSPS) is 9.86. The highest BCUT2D eigenvalue weighted by atomic mass is 79.9. The third-order valence-corrected chi connectivity index (χ3v) is 2.13.